The molecular weight excluding hydrogens is 226 g/mol. The Bertz CT molecular complexity index is 380. The number of hydrogen-bond acceptors (Lipinski definition) is 3. The van der Waals surface area contributed by atoms with Crippen molar-refractivity contribution in [3.8, 4) is 0 Å². The topological polar surface area (TPSA) is 45.2 Å². The molecule has 0 saturated carbocycles. The minimum atomic E-state index is 0.103. The summed E-state index contributed by atoms with van der Waals surface area (Å²) in [7, 11) is 0. The van der Waals surface area contributed by atoms with Gasteiger partial charge in [-0.1, -0.05) is 6.92 Å². The van der Waals surface area contributed by atoms with E-state index < -0.39 is 0 Å². The molecule has 0 radical (unpaired) electrons. The van der Waals surface area contributed by atoms with Crippen molar-refractivity contribution in [2.75, 3.05) is 19.6 Å². The summed E-state index contributed by atoms with van der Waals surface area (Å²) in [5.41, 5.74) is 0.689. The van der Waals surface area contributed by atoms with E-state index in [1.54, 1.807) is 12.4 Å². The van der Waals surface area contributed by atoms with Gasteiger partial charge < -0.3 is 10.2 Å². The van der Waals surface area contributed by atoms with Crippen LogP contribution in [0.5, 0.6) is 0 Å². The summed E-state index contributed by atoms with van der Waals surface area (Å²) in [5.74, 6) is 0.103. The summed E-state index contributed by atoms with van der Waals surface area (Å²) in [4.78, 5) is 18.2. The Morgan fingerprint density at radius 2 is 2.50 bits per heavy atom. The maximum atomic E-state index is 12.3. The second-order valence-corrected chi connectivity index (χ2v) is 4.79. The van der Waals surface area contributed by atoms with E-state index in [9.17, 15) is 4.79 Å². The molecule has 1 atom stereocenters. The van der Waals surface area contributed by atoms with Gasteiger partial charge in [0.1, 0.15) is 0 Å². The molecule has 2 rings (SSSR count). The zero-order valence-electron chi connectivity index (χ0n) is 10.9. The number of carbonyl (C=O) groups excluding carboxylic acids is 1. The van der Waals surface area contributed by atoms with Crippen LogP contribution in [-0.4, -0.2) is 41.5 Å². The first-order valence-corrected chi connectivity index (χ1v) is 6.74. The first-order valence-electron chi connectivity index (χ1n) is 6.74. The van der Waals surface area contributed by atoms with Gasteiger partial charge in [0.15, 0.2) is 0 Å². The first-order chi connectivity index (χ1) is 8.81. The maximum absolute atomic E-state index is 12.3. The molecule has 1 N–H and O–H groups in total. The van der Waals surface area contributed by atoms with Crippen molar-refractivity contribution in [1.82, 2.24) is 15.2 Å². The average Bonchev–Trinajstić information content (AvgIpc) is 2.45. The van der Waals surface area contributed by atoms with Crippen LogP contribution in [0.1, 0.15) is 36.5 Å². The summed E-state index contributed by atoms with van der Waals surface area (Å²) >= 11 is 0. The van der Waals surface area contributed by atoms with E-state index >= 15 is 0 Å². The van der Waals surface area contributed by atoms with Gasteiger partial charge in [0, 0.05) is 31.5 Å². The fourth-order valence-corrected chi connectivity index (χ4v) is 2.35. The van der Waals surface area contributed by atoms with Gasteiger partial charge in [-0.2, -0.15) is 0 Å². The van der Waals surface area contributed by atoms with Crippen molar-refractivity contribution < 1.29 is 4.79 Å². The Morgan fingerprint density at radius 1 is 1.61 bits per heavy atom. The van der Waals surface area contributed by atoms with Crippen molar-refractivity contribution in [2.45, 2.75) is 32.2 Å². The minimum Gasteiger partial charge on any atom is -0.337 e. The molecule has 0 spiro atoms. The van der Waals surface area contributed by atoms with E-state index in [1.165, 1.54) is 0 Å². The van der Waals surface area contributed by atoms with Gasteiger partial charge in [0.2, 0.25) is 0 Å². The van der Waals surface area contributed by atoms with Crippen LogP contribution in [0.2, 0.25) is 0 Å². The van der Waals surface area contributed by atoms with Crippen LogP contribution in [0.15, 0.2) is 24.5 Å². The normalized spacial score (nSPS) is 19.8. The molecule has 1 fully saturated rings. The van der Waals surface area contributed by atoms with Gasteiger partial charge in [-0.25, -0.2) is 0 Å². The molecule has 2 heterocycles. The summed E-state index contributed by atoms with van der Waals surface area (Å²) < 4.78 is 0. The molecule has 1 amide bonds. The molecule has 1 aromatic heterocycles. The summed E-state index contributed by atoms with van der Waals surface area (Å²) in [6.07, 6.45) is 6.71. The average molecular weight is 247 g/mol. The second-order valence-electron chi connectivity index (χ2n) is 4.79. The van der Waals surface area contributed by atoms with Crippen molar-refractivity contribution in [3.63, 3.8) is 0 Å². The monoisotopic (exact) mass is 247 g/mol. The zero-order valence-corrected chi connectivity index (χ0v) is 10.9. The van der Waals surface area contributed by atoms with Crippen molar-refractivity contribution in [2.24, 2.45) is 0 Å². The number of piperidine rings is 1. The van der Waals surface area contributed by atoms with Gasteiger partial charge in [-0.15, -0.1) is 0 Å². The highest BCUT2D eigenvalue weighted by atomic mass is 16.2. The molecule has 1 aromatic rings. The van der Waals surface area contributed by atoms with Crippen molar-refractivity contribution >= 4 is 5.91 Å². The highest BCUT2D eigenvalue weighted by Gasteiger charge is 2.23. The van der Waals surface area contributed by atoms with E-state index in [4.69, 9.17) is 0 Å². The number of pyridine rings is 1. The number of hydrogen-bond donors (Lipinski definition) is 1. The highest BCUT2D eigenvalue weighted by Crippen LogP contribution is 2.13. The third-order valence-corrected chi connectivity index (χ3v) is 3.30. The zero-order chi connectivity index (χ0) is 12.8. The molecule has 4 heteroatoms. The van der Waals surface area contributed by atoms with Gasteiger partial charge in [-0.05, 0) is 37.9 Å². The molecule has 18 heavy (non-hydrogen) atoms. The van der Waals surface area contributed by atoms with Crippen molar-refractivity contribution in [1.29, 1.82) is 0 Å². The van der Waals surface area contributed by atoms with Crippen LogP contribution in [0.3, 0.4) is 0 Å². The number of nitrogens with one attached hydrogen (secondary N) is 1. The smallest absolute Gasteiger partial charge is 0.255 e. The Kier molecular flexibility index (Phi) is 4.70. The Labute approximate surface area is 108 Å². The molecule has 0 aromatic carbocycles. The molecule has 1 unspecified atom stereocenters. The Morgan fingerprint density at radius 3 is 3.22 bits per heavy atom. The molecular formula is C14H21N3O. The van der Waals surface area contributed by atoms with Crippen LogP contribution in [-0.2, 0) is 0 Å². The second kappa shape index (κ2) is 6.50. The molecule has 1 saturated heterocycles. The number of carbonyl (C=O) groups is 1. The van der Waals surface area contributed by atoms with Gasteiger partial charge >= 0.3 is 0 Å². The van der Waals surface area contributed by atoms with Crippen molar-refractivity contribution in [3.05, 3.63) is 30.1 Å². The fraction of sp³-hybridized carbons (Fsp3) is 0.571. The largest absolute Gasteiger partial charge is 0.337 e. The molecule has 1 aliphatic rings. The lowest BCUT2D eigenvalue weighted by atomic mass is 10.0. The summed E-state index contributed by atoms with van der Waals surface area (Å²) in [6, 6.07) is 4.09. The third-order valence-electron chi connectivity index (χ3n) is 3.30. The van der Waals surface area contributed by atoms with E-state index in [2.05, 4.69) is 17.2 Å². The van der Waals surface area contributed by atoms with E-state index in [0.29, 0.717) is 11.6 Å². The lowest BCUT2D eigenvalue weighted by Gasteiger charge is -2.33. The molecule has 98 valence electrons. The lowest BCUT2D eigenvalue weighted by molar-refractivity contribution is 0.0694. The summed E-state index contributed by atoms with van der Waals surface area (Å²) in [5, 5.41) is 3.50. The van der Waals surface area contributed by atoms with E-state index in [1.807, 2.05) is 17.0 Å². The van der Waals surface area contributed by atoms with E-state index in [-0.39, 0.29) is 5.91 Å². The Hall–Kier alpha value is -1.42. The first kappa shape index (κ1) is 13.0. The number of nitrogens with zero attached hydrogens (tertiary/aromatic N) is 2. The lowest BCUT2D eigenvalue weighted by Crippen LogP contribution is -2.48. The highest BCUT2D eigenvalue weighted by molar-refractivity contribution is 5.93. The molecule has 0 bridgehead atoms. The number of likely N-dealkylation sites (tertiary alicyclic amines) is 1. The maximum Gasteiger partial charge on any atom is 0.255 e. The fourth-order valence-electron chi connectivity index (χ4n) is 2.35. The predicted octanol–water partition coefficient (Wildman–Crippen LogP) is 1.69. The molecule has 0 aliphatic carbocycles. The quantitative estimate of drug-likeness (QED) is 0.880. The van der Waals surface area contributed by atoms with Crippen LogP contribution >= 0.6 is 0 Å². The number of rotatable bonds is 4. The predicted molar refractivity (Wildman–Crippen MR) is 71.5 cm³/mol. The third kappa shape index (κ3) is 3.29. The van der Waals surface area contributed by atoms with Crippen LogP contribution < -0.4 is 5.32 Å². The van der Waals surface area contributed by atoms with Crippen LogP contribution in [0.4, 0.5) is 0 Å². The molecule has 1 aliphatic heterocycles. The number of aromatic nitrogens is 1. The van der Waals surface area contributed by atoms with Crippen LogP contribution in [0, 0.1) is 0 Å². The molecule has 4 nitrogen and oxygen atoms in total. The SMILES string of the molecule is CCCNC1CCCN(C(=O)c2cccnc2)C1. The van der Waals surface area contributed by atoms with E-state index in [0.717, 1.165) is 38.9 Å². The Balaban J connectivity index is 1.94. The van der Waals surface area contributed by atoms with Gasteiger partial charge in [-0.3, -0.25) is 9.78 Å². The summed E-state index contributed by atoms with van der Waals surface area (Å²) in [6.45, 7) is 4.86. The van der Waals surface area contributed by atoms with Gasteiger partial charge in [0.25, 0.3) is 5.91 Å². The minimum absolute atomic E-state index is 0.103. The number of amides is 1. The van der Waals surface area contributed by atoms with Gasteiger partial charge in [0.05, 0.1) is 5.56 Å². The standard InChI is InChI=1S/C14H21N3O/c1-2-7-16-13-6-4-9-17(11-13)14(18)12-5-3-8-15-10-12/h3,5,8,10,13,16H,2,4,6-7,9,11H2,1H3. The van der Waals surface area contributed by atoms with Crippen LogP contribution in [0.25, 0.3) is 0 Å².